The van der Waals surface area contributed by atoms with Crippen molar-refractivity contribution in [3.8, 4) is 0 Å². The van der Waals surface area contributed by atoms with E-state index in [-0.39, 0.29) is 0 Å². The van der Waals surface area contributed by atoms with Crippen molar-refractivity contribution in [2.45, 2.75) is 0 Å². The highest BCUT2D eigenvalue weighted by molar-refractivity contribution is 7.55. The van der Waals surface area contributed by atoms with Crippen LogP contribution >= 0.6 is 8.79 Å². The second kappa shape index (κ2) is 3.12. The Bertz CT molecular complexity index is 57.5. The zero-order chi connectivity index (χ0) is 4.99. The van der Waals surface area contributed by atoms with Gasteiger partial charge in [-0.05, 0) is 0 Å². The summed E-state index contributed by atoms with van der Waals surface area (Å²) in [7, 11) is 2.01. The predicted octanol–water partition coefficient (Wildman–Crippen LogP) is -1.47. The molecule has 0 radical (unpaired) electrons. The van der Waals surface area contributed by atoms with Crippen LogP contribution in [0.1, 0.15) is 0 Å². The van der Waals surface area contributed by atoms with Crippen LogP contribution in [0.2, 0.25) is 0 Å². The molecule has 0 fully saturated rings. The maximum atomic E-state index is 9.73. The Morgan fingerprint density at radius 2 is 2.50 bits per heavy atom. The van der Waals surface area contributed by atoms with Gasteiger partial charge in [0.15, 0.2) is 0 Å². The Morgan fingerprint density at radius 1 is 2.00 bits per heavy atom. The Hall–Kier alpha value is -0.0831. The van der Waals surface area contributed by atoms with Gasteiger partial charge in [0.05, 0.1) is 0 Å². The van der Waals surface area contributed by atoms with Crippen LogP contribution in [0.5, 0.6) is 0 Å². The van der Waals surface area contributed by atoms with E-state index in [1.807, 2.05) is 0 Å². The summed E-state index contributed by atoms with van der Waals surface area (Å²) in [5, 5.41) is 0. The average molecular weight is 122 g/mol. The molecule has 3 nitrogen and oxygen atoms in total. The van der Waals surface area contributed by atoms with Crippen LogP contribution in [0, 0.1) is 0 Å². The van der Waals surface area contributed by atoms with Crippen molar-refractivity contribution >= 4 is 24.2 Å². The number of urea groups is 1. The van der Waals surface area contributed by atoms with E-state index in [9.17, 15) is 4.79 Å². The van der Waals surface area contributed by atoms with Gasteiger partial charge in [-0.15, -0.1) is 8.79 Å². The maximum absolute atomic E-state index is 9.73. The highest BCUT2D eigenvalue weighted by Crippen LogP contribution is 1.63. The molecule has 6 heavy (non-hydrogen) atoms. The van der Waals surface area contributed by atoms with Crippen molar-refractivity contribution in [3.63, 3.8) is 0 Å². The molecule has 3 N–H and O–H groups in total. The molecule has 1 atom stereocenters. The fourth-order valence-electron chi connectivity index (χ4n) is 0.101. The highest BCUT2D eigenvalue weighted by Gasteiger charge is 1.80. The Kier molecular flexibility index (Phi) is 3.08. The number of nitrogens with two attached hydrogens (primary N) is 1. The molecule has 0 spiro atoms. The molecule has 2 amide bonds. The first-order valence-corrected chi connectivity index (χ1v) is 5.48. The summed E-state index contributed by atoms with van der Waals surface area (Å²) in [5.41, 5.74) is 4.67. The fraction of sp³-hybridized carbons (Fsp3) is 0. The number of carbonyl (C=O) groups is 1. The van der Waals surface area contributed by atoms with Crippen LogP contribution in [-0.2, 0) is 0 Å². The second-order valence-corrected chi connectivity index (χ2v) is 2.73. The lowest BCUT2D eigenvalue weighted by molar-refractivity contribution is 0.253. The number of hydrogen-bond donors (Lipinski definition) is 2. The number of nitrogens with one attached hydrogen (secondary N) is 1. The van der Waals surface area contributed by atoms with Crippen molar-refractivity contribution in [1.82, 2.24) is 4.98 Å². The standard InChI is InChI=1S/CH7N2OPSi/c2-1(4)3-6-5/h5-6H2,(H3,2,3,4). The molecule has 0 heterocycles. The minimum absolute atomic E-state index is 0.420. The third-order valence-electron chi connectivity index (χ3n) is 0.276. The Labute approximate surface area is 40.6 Å². The molecule has 36 valence electrons. The lowest BCUT2D eigenvalue weighted by Crippen LogP contribution is -2.29. The first kappa shape index (κ1) is 5.92. The first-order chi connectivity index (χ1) is 2.77. The average Bonchev–Trinajstić information content (AvgIpc) is 1.35. The van der Waals surface area contributed by atoms with Crippen molar-refractivity contribution < 1.29 is 4.79 Å². The maximum Gasteiger partial charge on any atom is 0.304 e. The molecule has 1 unspecified atom stereocenters. The van der Waals surface area contributed by atoms with Crippen LogP contribution < -0.4 is 10.7 Å². The molecular weight excluding hydrogens is 115 g/mol. The van der Waals surface area contributed by atoms with Crippen LogP contribution in [0.4, 0.5) is 4.79 Å². The van der Waals surface area contributed by atoms with E-state index < -0.39 is 15.4 Å². The lowest BCUT2D eigenvalue weighted by atomic mass is 11.2. The molecule has 5 heteroatoms. The zero-order valence-electron chi connectivity index (χ0n) is 3.27. The minimum Gasteiger partial charge on any atom is -0.367 e. The quantitative estimate of drug-likeness (QED) is 0.324. The van der Waals surface area contributed by atoms with Crippen molar-refractivity contribution in [3.05, 3.63) is 0 Å². The summed E-state index contributed by atoms with van der Waals surface area (Å²) in [6, 6.07) is -0.420. The van der Waals surface area contributed by atoms with E-state index in [0.717, 1.165) is 0 Å². The monoisotopic (exact) mass is 122 g/mol. The number of amides is 2. The molecule has 0 aromatic rings. The van der Waals surface area contributed by atoms with Gasteiger partial charge in [-0.25, -0.2) is 0 Å². The van der Waals surface area contributed by atoms with Gasteiger partial charge in [-0.2, -0.15) is 0 Å². The van der Waals surface area contributed by atoms with Crippen LogP contribution in [-0.4, -0.2) is 15.4 Å². The molecule has 0 aromatic carbocycles. The van der Waals surface area contributed by atoms with Gasteiger partial charge >= 0.3 is 6.03 Å². The van der Waals surface area contributed by atoms with E-state index in [4.69, 9.17) is 0 Å². The highest BCUT2D eigenvalue weighted by atomic mass is 31.3. The molecule has 0 aliphatic carbocycles. The van der Waals surface area contributed by atoms with Gasteiger partial charge in [0.2, 0.25) is 0 Å². The molecule has 0 aliphatic rings. The topological polar surface area (TPSA) is 55.1 Å². The number of hydrogen-bond acceptors (Lipinski definition) is 1. The molecule has 0 aliphatic heterocycles. The predicted molar refractivity (Wildman–Crippen MR) is 31.0 cm³/mol. The largest absolute Gasteiger partial charge is 0.367 e. The summed E-state index contributed by atoms with van der Waals surface area (Å²) in [6.45, 7) is 0. The summed E-state index contributed by atoms with van der Waals surface area (Å²) >= 11 is 0. The summed E-state index contributed by atoms with van der Waals surface area (Å²) in [5.74, 6) is 0. The van der Waals surface area contributed by atoms with E-state index in [2.05, 4.69) is 19.5 Å². The van der Waals surface area contributed by atoms with Gasteiger partial charge in [-0.1, -0.05) is 0 Å². The number of primary amides is 1. The summed E-state index contributed by atoms with van der Waals surface area (Å²) in [6.07, 6.45) is 0. The normalized spacial score (nSPS) is 9.50. The van der Waals surface area contributed by atoms with Crippen molar-refractivity contribution in [1.29, 1.82) is 0 Å². The zero-order valence-corrected chi connectivity index (χ0v) is 5.84. The molecule has 0 saturated heterocycles. The smallest absolute Gasteiger partial charge is 0.304 e. The van der Waals surface area contributed by atoms with Gasteiger partial charge < -0.3 is 10.7 Å². The molecule has 0 aromatic heterocycles. The SMILES string of the molecule is NC(=O)N[SiH2]P. The summed E-state index contributed by atoms with van der Waals surface area (Å²) < 4.78 is 0. The second-order valence-electron chi connectivity index (χ2n) is 0.745. The van der Waals surface area contributed by atoms with E-state index in [1.54, 1.807) is 0 Å². The third kappa shape index (κ3) is 3.92. The fourth-order valence-corrected chi connectivity index (χ4v) is 0.905. The Balaban J connectivity index is 2.83. The molecule has 0 bridgehead atoms. The van der Waals surface area contributed by atoms with Crippen LogP contribution in [0.25, 0.3) is 0 Å². The molecule has 0 rings (SSSR count). The van der Waals surface area contributed by atoms with E-state index in [1.165, 1.54) is 0 Å². The molecular formula is CH7N2OPSi. The lowest BCUT2D eigenvalue weighted by Gasteiger charge is -1.88. The van der Waals surface area contributed by atoms with Gasteiger partial charge in [0.25, 0.3) is 0 Å². The number of carbonyl (C=O) groups excluding carboxylic acids is 1. The van der Waals surface area contributed by atoms with Crippen LogP contribution in [0.15, 0.2) is 0 Å². The summed E-state index contributed by atoms with van der Waals surface area (Å²) in [4.78, 5) is 12.2. The van der Waals surface area contributed by atoms with Crippen molar-refractivity contribution in [2.75, 3.05) is 0 Å². The van der Waals surface area contributed by atoms with Crippen molar-refractivity contribution in [2.24, 2.45) is 5.73 Å². The third-order valence-corrected chi connectivity index (χ3v) is 1.44. The molecule has 0 saturated carbocycles. The van der Waals surface area contributed by atoms with E-state index >= 15 is 0 Å². The number of rotatable bonds is 1. The van der Waals surface area contributed by atoms with E-state index in [0.29, 0.717) is 0 Å². The van der Waals surface area contributed by atoms with Crippen LogP contribution in [0.3, 0.4) is 0 Å². The Morgan fingerprint density at radius 3 is 2.50 bits per heavy atom. The minimum atomic E-state index is -0.441. The first-order valence-electron chi connectivity index (χ1n) is 1.50. The van der Waals surface area contributed by atoms with Gasteiger partial charge in [-0.3, -0.25) is 4.79 Å². The van der Waals surface area contributed by atoms with Gasteiger partial charge in [0.1, 0.15) is 9.35 Å². The van der Waals surface area contributed by atoms with Gasteiger partial charge in [0, 0.05) is 0 Å².